The number of hydrogen-bond acceptors (Lipinski definition) is 2. The molecular weight excluding hydrogens is 156 g/mol. The third-order valence-electron chi connectivity index (χ3n) is 1.45. The molecule has 0 aliphatic carbocycles. The van der Waals surface area contributed by atoms with Gasteiger partial charge in [-0.25, -0.2) is 4.79 Å². The molecule has 0 aromatic heterocycles. The molecular formula is C9H18O3. The van der Waals surface area contributed by atoms with Gasteiger partial charge in [0.25, 0.3) is 0 Å². The van der Waals surface area contributed by atoms with Crippen LogP contribution < -0.4 is 0 Å². The highest BCUT2D eigenvalue weighted by Gasteiger charge is 2.16. The summed E-state index contributed by atoms with van der Waals surface area (Å²) in [6, 6.07) is 0. The Balaban J connectivity index is 3.60. The maximum absolute atomic E-state index is 10.0. The second-order valence-corrected chi connectivity index (χ2v) is 4.45. The van der Waals surface area contributed by atoms with Crippen LogP contribution in [0.4, 0.5) is 4.79 Å². The second-order valence-electron chi connectivity index (χ2n) is 4.45. The van der Waals surface area contributed by atoms with E-state index in [0.717, 1.165) is 6.42 Å². The molecule has 0 rings (SSSR count). The Kier molecular flexibility index (Phi) is 4.07. The third kappa shape index (κ3) is 7.38. The van der Waals surface area contributed by atoms with Crippen molar-refractivity contribution in [2.45, 2.75) is 34.1 Å². The maximum Gasteiger partial charge on any atom is 0.505 e. The lowest BCUT2D eigenvalue weighted by Crippen LogP contribution is -2.16. The smallest absolute Gasteiger partial charge is 0.450 e. The standard InChI is InChI=1S/C9H18O3/c1-7(5-9(2,3)4)6-12-8(10)11/h7H,5-6H2,1-4H3,(H,10,11). The molecule has 0 bridgehead atoms. The molecule has 1 atom stereocenters. The minimum Gasteiger partial charge on any atom is -0.450 e. The van der Waals surface area contributed by atoms with Crippen LogP contribution in [-0.4, -0.2) is 17.9 Å². The highest BCUT2D eigenvalue weighted by molar-refractivity contribution is 5.56. The Morgan fingerprint density at radius 1 is 1.50 bits per heavy atom. The normalized spacial score (nSPS) is 14.0. The van der Waals surface area contributed by atoms with Crippen LogP contribution in [-0.2, 0) is 4.74 Å². The van der Waals surface area contributed by atoms with Gasteiger partial charge in [-0.3, -0.25) is 0 Å². The zero-order valence-electron chi connectivity index (χ0n) is 8.26. The minimum absolute atomic E-state index is 0.237. The van der Waals surface area contributed by atoms with Crippen molar-refractivity contribution < 1.29 is 14.6 Å². The summed E-state index contributed by atoms with van der Waals surface area (Å²) in [5.41, 5.74) is 0.237. The average Bonchev–Trinajstić information content (AvgIpc) is 1.79. The Hall–Kier alpha value is -0.730. The van der Waals surface area contributed by atoms with Crippen molar-refractivity contribution in [2.75, 3.05) is 6.61 Å². The first-order chi connectivity index (χ1) is 5.31. The Bertz CT molecular complexity index is 146. The van der Waals surface area contributed by atoms with Gasteiger partial charge in [0.2, 0.25) is 0 Å². The zero-order chi connectivity index (χ0) is 9.78. The molecule has 0 aromatic carbocycles. The highest BCUT2D eigenvalue weighted by Crippen LogP contribution is 2.24. The van der Waals surface area contributed by atoms with Crippen molar-refractivity contribution in [3.8, 4) is 0 Å². The van der Waals surface area contributed by atoms with E-state index in [1.165, 1.54) is 0 Å². The van der Waals surface area contributed by atoms with Crippen LogP contribution in [0.1, 0.15) is 34.1 Å². The van der Waals surface area contributed by atoms with Crippen LogP contribution in [0, 0.1) is 11.3 Å². The largest absolute Gasteiger partial charge is 0.505 e. The molecule has 0 aliphatic rings. The number of rotatable bonds is 3. The molecule has 0 aliphatic heterocycles. The maximum atomic E-state index is 10.0. The average molecular weight is 174 g/mol. The molecule has 3 nitrogen and oxygen atoms in total. The van der Waals surface area contributed by atoms with Gasteiger partial charge in [0.05, 0.1) is 6.61 Å². The van der Waals surface area contributed by atoms with Crippen LogP contribution in [0.15, 0.2) is 0 Å². The van der Waals surface area contributed by atoms with E-state index < -0.39 is 6.16 Å². The first-order valence-electron chi connectivity index (χ1n) is 4.17. The van der Waals surface area contributed by atoms with Gasteiger partial charge < -0.3 is 9.84 Å². The molecule has 0 heterocycles. The second kappa shape index (κ2) is 4.33. The molecule has 1 unspecified atom stereocenters. The Morgan fingerprint density at radius 3 is 2.33 bits per heavy atom. The molecule has 72 valence electrons. The fraction of sp³-hybridized carbons (Fsp3) is 0.889. The van der Waals surface area contributed by atoms with Crippen LogP contribution in [0.3, 0.4) is 0 Å². The summed E-state index contributed by atoms with van der Waals surface area (Å²) in [5, 5.41) is 8.24. The van der Waals surface area contributed by atoms with Gasteiger partial charge in [0, 0.05) is 0 Å². The molecule has 0 amide bonds. The zero-order valence-corrected chi connectivity index (χ0v) is 8.26. The van der Waals surface area contributed by atoms with E-state index in [1.807, 2.05) is 6.92 Å². The van der Waals surface area contributed by atoms with Crippen molar-refractivity contribution >= 4 is 6.16 Å². The number of carbonyl (C=O) groups is 1. The summed E-state index contributed by atoms with van der Waals surface area (Å²) in [6.45, 7) is 8.68. The fourth-order valence-corrected chi connectivity index (χ4v) is 1.32. The first-order valence-corrected chi connectivity index (χ1v) is 4.17. The molecule has 3 heteroatoms. The summed E-state index contributed by atoms with van der Waals surface area (Å²) in [4.78, 5) is 10.0. The van der Waals surface area contributed by atoms with Crippen molar-refractivity contribution in [3.63, 3.8) is 0 Å². The molecule has 0 spiro atoms. The van der Waals surface area contributed by atoms with Gasteiger partial charge in [-0.05, 0) is 17.8 Å². The molecule has 0 fully saturated rings. The van der Waals surface area contributed by atoms with Crippen molar-refractivity contribution in [3.05, 3.63) is 0 Å². The Morgan fingerprint density at radius 2 is 2.00 bits per heavy atom. The van der Waals surface area contributed by atoms with Crippen molar-refractivity contribution in [2.24, 2.45) is 11.3 Å². The predicted molar refractivity (Wildman–Crippen MR) is 47.2 cm³/mol. The van der Waals surface area contributed by atoms with E-state index in [9.17, 15) is 4.79 Å². The summed E-state index contributed by atoms with van der Waals surface area (Å²) in [5.74, 6) is 0.293. The van der Waals surface area contributed by atoms with E-state index in [-0.39, 0.29) is 5.41 Å². The van der Waals surface area contributed by atoms with Crippen molar-refractivity contribution in [1.29, 1.82) is 0 Å². The van der Waals surface area contributed by atoms with Crippen molar-refractivity contribution in [1.82, 2.24) is 0 Å². The molecule has 1 N–H and O–H groups in total. The van der Waals surface area contributed by atoms with Gasteiger partial charge in [0.15, 0.2) is 0 Å². The van der Waals surface area contributed by atoms with E-state index in [1.54, 1.807) is 0 Å². The molecule has 0 radical (unpaired) electrons. The lowest BCUT2D eigenvalue weighted by molar-refractivity contribution is 0.0723. The summed E-state index contributed by atoms with van der Waals surface area (Å²) >= 11 is 0. The van der Waals surface area contributed by atoms with Gasteiger partial charge in [0.1, 0.15) is 0 Å². The van der Waals surface area contributed by atoms with Crippen LogP contribution in [0.5, 0.6) is 0 Å². The Labute approximate surface area is 73.7 Å². The van der Waals surface area contributed by atoms with Gasteiger partial charge >= 0.3 is 6.16 Å². The lowest BCUT2D eigenvalue weighted by atomic mass is 9.86. The third-order valence-corrected chi connectivity index (χ3v) is 1.45. The van der Waals surface area contributed by atoms with E-state index >= 15 is 0 Å². The fourth-order valence-electron chi connectivity index (χ4n) is 1.32. The minimum atomic E-state index is -1.18. The van der Waals surface area contributed by atoms with Gasteiger partial charge in [-0.15, -0.1) is 0 Å². The lowest BCUT2D eigenvalue weighted by Gasteiger charge is -2.22. The van der Waals surface area contributed by atoms with Crippen LogP contribution in [0.25, 0.3) is 0 Å². The first kappa shape index (κ1) is 11.3. The number of ether oxygens (including phenoxy) is 1. The molecule has 0 saturated heterocycles. The molecule has 12 heavy (non-hydrogen) atoms. The highest BCUT2D eigenvalue weighted by atomic mass is 16.7. The van der Waals surface area contributed by atoms with E-state index in [0.29, 0.717) is 12.5 Å². The predicted octanol–water partition coefficient (Wildman–Crippen LogP) is 2.75. The summed E-state index contributed by atoms with van der Waals surface area (Å²) in [6.07, 6.45) is -0.212. The van der Waals surface area contributed by atoms with Gasteiger partial charge in [-0.2, -0.15) is 0 Å². The quantitative estimate of drug-likeness (QED) is 0.669. The monoisotopic (exact) mass is 174 g/mol. The number of carboxylic acid groups (broad SMARTS) is 1. The van der Waals surface area contributed by atoms with Gasteiger partial charge in [-0.1, -0.05) is 27.7 Å². The molecule has 0 saturated carbocycles. The van der Waals surface area contributed by atoms with Crippen LogP contribution in [0.2, 0.25) is 0 Å². The van der Waals surface area contributed by atoms with E-state index in [2.05, 4.69) is 25.5 Å². The van der Waals surface area contributed by atoms with Crippen LogP contribution >= 0.6 is 0 Å². The SMILES string of the molecule is CC(COC(=O)O)CC(C)(C)C. The molecule has 0 aromatic rings. The summed E-state index contributed by atoms with van der Waals surface area (Å²) < 4.78 is 4.47. The summed E-state index contributed by atoms with van der Waals surface area (Å²) in [7, 11) is 0. The van der Waals surface area contributed by atoms with E-state index in [4.69, 9.17) is 5.11 Å². The number of hydrogen-bond donors (Lipinski definition) is 1. The topological polar surface area (TPSA) is 46.5 Å².